The molecule has 4 nitrogen and oxygen atoms in total. The smallest absolute Gasteiger partial charge is 0.316 e. The second-order valence-electron chi connectivity index (χ2n) is 7.66. The van der Waals surface area contributed by atoms with Crippen molar-refractivity contribution in [2.45, 2.75) is 38.6 Å². The number of carbonyl (C=O) groups is 1. The number of fused-ring (bicyclic) bond motifs is 2. The first-order valence-electron chi connectivity index (χ1n) is 9.52. The van der Waals surface area contributed by atoms with Crippen LogP contribution in [0.5, 0.6) is 0 Å². The Morgan fingerprint density at radius 2 is 2.24 bits per heavy atom. The fourth-order valence-electron chi connectivity index (χ4n) is 4.86. The van der Waals surface area contributed by atoms with Crippen molar-refractivity contribution in [3.8, 4) is 0 Å². The van der Waals surface area contributed by atoms with Gasteiger partial charge in [-0.15, -0.1) is 0 Å². The predicted molar refractivity (Wildman–Crippen MR) is 118 cm³/mol. The second kappa shape index (κ2) is 8.58. The molecule has 3 rings (SSSR count). The molecule has 2 fully saturated rings. The van der Waals surface area contributed by atoms with E-state index in [2.05, 4.69) is 27.8 Å². The van der Waals surface area contributed by atoms with E-state index in [9.17, 15) is 4.79 Å². The summed E-state index contributed by atoms with van der Waals surface area (Å²) in [6, 6.07) is 1.81. The lowest BCUT2D eigenvalue weighted by Crippen LogP contribution is -2.46. The molecule has 1 aliphatic carbocycles. The van der Waals surface area contributed by atoms with Gasteiger partial charge in [-0.3, -0.25) is 4.79 Å². The molecular formula is C21H24BrCl2FN2O2. The van der Waals surface area contributed by atoms with Gasteiger partial charge in [0.15, 0.2) is 0 Å². The SMILES string of the molecule is C=C(Cl)/C(N)=C(\c1cc(Cl)c(Br)c(F)c1CCC)C1(C(=O)OC)CC2CC1CN2. The van der Waals surface area contributed by atoms with Crippen molar-refractivity contribution in [1.29, 1.82) is 0 Å². The molecule has 2 aliphatic rings. The minimum Gasteiger partial charge on any atom is -0.468 e. The quantitative estimate of drug-likeness (QED) is 0.318. The molecule has 8 heteroatoms. The molecule has 29 heavy (non-hydrogen) atoms. The summed E-state index contributed by atoms with van der Waals surface area (Å²) in [5.74, 6) is -0.908. The van der Waals surface area contributed by atoms with E-state index < -0.39 is 17.2 Å². The first-order chi connectivity index (χ1) is 13.7. The van der Waals surface area contributed by atoms with E-state index in [1.54, 1.807) is 6.07 Å². The number of methoxy groups -OCH3 is 1. The zero-order chi connectivity index (χ0) is 21.5. The van der Waals surface area contributed by atoms with Crippen molar-refractivity contribution in [2.75, 3.05) is 13.7 Å². The molecule has 1 aromatic rings. The summed E-state index contributed by atoms with van der Waals surface area (Å²) < 4.78 is 20.7. The highest BCUT2D eigenvalue weighted by Crippen LogP contribution is 2.57. The highest BCUT2D eigenvalue weighted by Gasteiger charge is 2.60. The Kier molecular flexibility index (Phi) is 6.68. The summed E-state index contributed by atoms with van der Waals surface area (Å²) in [6.07, 6.45) is 2.44. The molecule has 158 valence electrons. The Labute approximate surface area is 188 Å². The van der Waals surface area contributed by atoms with E-state index in [4.69, 9.17) is 33.7 Å². The predicted octanol–water partition coefficient (Wildman–Crippen LogP) is 5.16. The van der Waals surface area contributed by atoms with Crippen LogP contribution < -0.4 is 11.1 Å². The summed E-state index contributed by atoms with van der Waals surface area (Å²) >= 11 is 15.8. The zero-order valence-corrected chi connectivity index (χ0v) is 19.5. The van der Waals surface area contributed by atoms with Gasteiger partial charge in [-0.25, -0.2) is 4.39 Å². The van der Waals surface area contributed by atoms with Crippen LogP contribution in [0.2, 0.25) is 5.02 Å². The Bertz CT molecular complexity index is 905. The molecule has 0 spiro atoms. The number of nitrogens with one attached hydrogen (secondary N) is 1. The van der Waals surface area contributed by atoms with Crippen LogP contribution in [0.3, 0.4) is 0 Å². The molecule has 1 saturated heterocycles. The number of carbonyl (C=O) groups excluding carboxylic acids is 1. The van der Waals surface area contributed by atoms with Gasteiger partial charge in [0.05, 0.1) is 27.3 Å². The van der Waals surface area contributed by atoms with Gasteiger partial charge in [0.2, 0.25) is 0 Å². The number of hydrogen-bond donors (Lipinski definition) is 2. The van der Waals surface area contributed by atoms with Crippen LogP contribution in [0.25, 0.3) is 5.57 Å². The van der Waals surface area contributed by atoms with Gasteiger partial charge in [-0.05, 0) is 64.8 Å². The number of halogens is 4. The van der Waals surface area contributed by atoms with Gasteiger partial charge >= 0.3 is 5.97 Å². The number of hydrogen-bond acceptors (Lipinski definition) is 4. The summed E-state index contributed by atoms with van der Waals surface area (Å²) in [5, 5.41) is 3.70. The van der Waals surface area contributed by atoms with Gasteiger partial charge in [0.1, 0.15) is 11.2 Å². The van der Waals surface area contributed by atoms with Crippen molar-refractivity contribution in [1.82, 2.24) is 5.32 Å². The molecule has 1 aliphatic heterocycles. The Morgan fingerprint density at radius 1 is 1.55 bits per heavy atom. The van der Waals surface area contributed by atoms with E-state index in [1.165, 1.54) is 7.11 Å². The molecule has 0 radical (unpaired) electrons. The molecule has 3 N–H and O–H groups in total. The topological polar surface area (TPSA) is 64.4 Å². The lowest BCUT2D eigenvalue weighted by molar-refractivity contribution is -0.151. The van der Waals surface area contributed by atoms with Crippen LogP contribution >= 0.6 is 39.1 Å². The second-order valence-corrected chi connectivity index (χ2v) is 9.32. The van der Waals surface area contributed by atoms with Crippen molar-refractivity contribution in [3.05, 3.63) is 49.8 Å². The molecular weight excluding hydrogens is 482 g/mol. The molecule has 3 atom stereocenters. The van der Waals surface area contributed by atoms with Crippen LogP contribution in [-0.4, -0.2) is 25.7 Å². The summed E-state index contributed by atoms with van der Waals surface area (Å²) in [4.78, 5) is 13.2. The Hall–Kier alpha value is -1.08. The molecule has 1 aromatic carbocycles. The van der Waals surface area contributed by atoms with Crippen LogP contribution in [-0.2, 0) is 16.0 Å². The highest BCUT2D eigenvalue weighted by molar-refractivity contribution is 9.10. The van der Waals surface area contributed by atoms with Crippen molar-refractivity contribution >= 4 is 50.7 Å². The summed E-state index contributed by atoms with van der Waals surface area (Å²) in [5.41, 5.74) is 6.96. The molecule has 0 aromatic heterocycles. The van der Waals surface area contributed by atoms with E-state index in [1.807, 2.05) is 6.92 Å². The average Bonchev–Trinajstić information content (AvgIpc) is 3.30. The number of nitrogens with two attached hydrogens (primary N) is 1. The molecule has 1 saturated carbocycles. The number of esters is 1. The minimum atomic E-state index is -1.04. The maximum Gasteiger partial charge on any atom is 0.316 e. The minimum absolute atomic E-state index is 0.0514. The fraction of sp³-hybridized carbons (Fsp3) is 0.476. The van der Waals surface area contributed by atoms with Gasteiger partial charge in [-0.1, -0.05) is 43.1 Å². The first-order valence-corrected chi connectivity index (χ1v) is 11.1. The fourth-order valence-corrected chi connectivity index (χ4v) is 5.50. The number of allylic oxidation sites excluding steroid dienone is 1. The van der Waals surface area contributed by atoms with Gasteiger partial charge in [0.25, 0.3) is 0 Å². The Morgan fingerprint density at radius 3 is 2.72 bits per heavy atom. The average molecular weight is 506 g/mol. The van der Waals surface area contributed by atoms with E-state index in [0.717, 1.165) is 6.42 Å². The Balaban J connectivity index is 2.39. The van der Waals surface area contributed by atoms with Gasteiger partial charge in [-0.2, -0.15) is 0 Å². The molecule has 3 unspecified atom stereocenters. The first kappa shape index (κ1) is 22.6. The van der Waals surface area contributed by atoms with E-state index in [-0.39, 0.29) is 32.2 Å². The molecule has 1 heterocycles. The summed E-state index contributed by atoms with van der Waals surface area (Å²) in [6.45, 7) is 6.36. The maximum absolute atomic E-state index is 15.2. The molecule has 2 bridgehead atoms. The lowest BCUT2D eigenvalue weighted by atomic mass is 9.66. The maximum atomic E-state index is 15.2. The van der Waals surface area contributed by atoms with E-state index in [0.29, 0.717) is 42.5 Å². The van der Waals surface area contributed by atoms with Gasteiger partial charge < -0.3 is 15.8 Å². The van der Waals surface area contributed by atoms with E-state index >= 15 is 4.39 Å². The third-order valence-electron chi connectivity index (χ3n) is 6.08. The highest BCUT2D eigenvalue weighted by atomic mass is 79.9. The number of rotatable bonds is 6. The number of ether oxygens (including phenoxy) is 1. The van der Waals surface area contributed by atoms with Crippen LogP contribution in [0, 0.1) is 17.2 Å². The summed E-state index contributed by atoms with van der Waals surface area (Å²) in [7, 11) is 1.36. The van der Waals surface area contributed by atoms with Crippen LogP contribution in [0.1, 0.15) is 37.3 Å². The zero-order valence-electron chi connectivity index (χ0n) is 16.4. The largest absolute Gasteiger partial charge is 0.468 e. The number of benzene rings is 1. The van der Waals surface area contributed by atoms with Crippen molar-refractivity contribution in [2.24, 2.45) is 17.1 Å². The third kappa shape index (κ3) is 3.62. The van der Waals surface area contributed by atoms with Crippen LogP contribution in [0.4, 0.5) is 4.39 Å². The monoisotopic (exact) mass is 504 g/mol. The molecule has 0 amide bonds. The van der Waals surface area contributed by atoms with Gasteiger partial charge in [0, 0.05) is 11.6 Å². The number of piperidine rings is 1. The van der Waals surface area contributed by atoms with Crippen LogP contribution in [0.15, 0.2) is 27.8 Å². The lowest BCUT2D eigenvalue weighted by Gasteiger charge is -2.39. The normalized spacial score (nSPS) is 26.4. The van der Waals surface area contributed by atoms with Crippen molar-refractivity contribution in [3.63, 3.8) is 0 Å². The third-order valence-corrected chi connectivity index (χ3v) is 7.58. The standard InChI is InChI=1S/C21H24BrCl2FN2O2/c1-4-5-13-14(7-15(24)17(22)18(13)25)16(19(26)10(2)23)21(20(28)29-3)8-12-6-11(21)9-27-12/h7,11-12,27H,2,4-6,8-9,26H2,1,3H3/b19-16-. The van der Waals surface area contributed by atoms with Crippen molar-refractivity contribution < 1.29 is 13.9 Å².